The molecule has 1 aromatic carbocycles. The molecule has 0 aliphatic heterocycles. The molecule has 2 unspecified atom stereocenters. The number of hydrogen-bond donors (Lipinski definition) is 0. The topological polar surface area (TPSA) is 86.5 Å². The van der Waals surface area contributed by atoms with Crippen LogP contribution in [-0.2, 0) is 14.3 Å². The molecule has 0 aliphatic rings. The van der Waals surface area contributed by atoms with Gasteiger partial charge in [0, 0.05) is 4.92 Å². The molecule has 114 valence electrons. The molecule has 0 spiro atoms. The summed E-state index contributed by atoms with van der Waals surface area (Å²) in [6.07, 6.45) is 0. The highest BCUT2D eigenvalue weighted by atomic mass is 19.1. The van der Waals surface area contributed by atoms with E-state index in [2.05, 4.69) is 4.74 Å². The number of nitrogens with zero attached hydrogens (tertiary/aromatic N) is 1. The van der Waals surface area contributed by atoms with Gasteiger partial charge in [-0.15, -0.1) is 0 Å². The molecule has 21 heavy (non-hydrogen) atoms. The standard InChI is InChI=1S/C14H16FNO5/c1-3-21-13(18)14(15,10(2)17)12(9-16(19)20)11-7-5-4-6-8-11/h4-8,12H,3,9H2,1-2H3. The summed E-state index contributed by atoms with van der Waals surface area (Å²) in [6.45, 7) is 1.33. The molecule has 0 saturated carbocycles. The van der Waals surface area contributed by atoms with Gasteiger partial charge in [0.15, 0.2) is 5.78 Å². The second kappa shape index (κ2) is 6.92. The first-order valence-electron chi connectivity index (χ1n) is 6.37. The summed E-state index contributed by atoms with van der Waals surface area (Å²) in [5.41, 5.74) is -2.88. The number of alkyl halides is 1. The maximum absolute atomic E-state index is 15.1. The van der Waals surface area contributed by atoms with E-state index in [1.807, 2.05) is 0 Å². The van der Waals surface area contributed by atoms with Crippen LogP contribution >= 0.6 is 0 Å². The van der Waals surface area contributed by atoms with E-state index in [4.69, 9.17) is 0 Å². The normalized spacial score (nSPS) is 14.8. The van der Waals surface area contributed by atoms with Crippen LogP contribution in [0.4, 0.5) is 4.39 Å². The van der Waals surface area contributed by atoms with Crippen LogP contribution < -0.4 is 0 Å². The second-order valence-corrected chi connectivity index (χ2v) is 4.47. The molecule has 6 nitrogen and oxygen atoms in total. The number of halogens is 1. The van der Waals surface area contributed by atoms with Gasteiger partial charge in [-0.05, 0) is 19.4 Å². The monoisotopic (exact) mass is 297 g/mol. The Labute approximate surface area is 121 Å². The predicted octanol–water partition coefficient (Wildman–Crippen LogP) is 1.91. The van der Waals surface area contributed by atoms with Gasteiger partial charge in [-0.1, -0.05) is 30.3 Å². The van der Waals surface area contributed by atoms with E-state index in [1.165, 1.54) is 19.1 Å². The average molecular weight is 297 g/mol. The Hall–Kier alpha value is -2.31. The number of ketones is 1. The highest BCUT2D eigenvalue weighted by molar-refractivity contribution is 6.07. The lowest BCUT2D eigenvalue weighted by atomic mass is 9.81. The molecule has 0 saturated heterocycles. The van der Waals surface area contributed by atoms with E-state index < -0.39 is 34.8 Å². The maximum Gasteiger partial charge on any atom is 0.352 e. The third kappa shape index (κ3) is 3.62. The number of esters is 1. The number of carbonyl (C=O) groups excluding carboxylic acids is 2. The Bertz CT molecular complexity index is 533. The van der Waals surface area contributed by atoms with Crippen molar-refractivity contribution in [1.29, 1.82) is 0 Å². The van der Waals surface area contributed by atoms with Crippen molar-refractivity contribution >= 4 is 11.8 Å². The first-order chi connectivity index (χ1) is 9.83. The molecular weight excluding hydrogens is 281 g/mol. The van der Waals surface area contributed by atoms with E-state index in [9.17, 15) is 19.7 Å². The van der Waals surface area contributed by atoms with Crippen LogP contribution in [0.15, 0.2) is 30.3 Å². The SMILES string of the molecule is CCOC(=O)C(F)(C(C)=O)C(C[N+](=O)[O-])c1ccccc1. The molecule has 0 heterocycles. The molecule has 0 aliphatic carbocycles. The summed E-state index contributed by atoms with van der Waals surface area (Å²) in [7, 11) is 0. The first kappa shape index (κ1) is 16.7. The minimum Gasteiger partial charge on any atom is -0.463 e. The van der Waals surface area contributed by atoms with E-state index in [0.717, 1.165) is 6.92 Å². The van der Waals surface area contributed by atoms with Crippen molar-refractivity contribution in [1.82, 2.24) is 0 Å². The van der Waals surface area contributed by atoms with Crippen molar-refractivity contribution < 1.29 is 23.6 Å². The lowest BCUT2D eigenvalue weighted by Crippen LogP contribution is -2.49. The lowest BCUT2D eigenvalue weighted by molar-refractivity contribution is -0.485. The van der Waals surface area contributed by atoms with Gasteiger partial charge in [-0.25, -0.2) is 9.18 Å². The molecule has 0 amide bonds. The van der Waals surface area contributed by atoms with Gasteiger partial charge in [-0.2, -0.15) is 0 Å². The molecule has 0 N–H and O–H groups in total. The molecule has 1 rings (SSSR count). The number of hydrogen-bond acceptors (Lipinski definition) is 5. The zero-order valence-electron chi connectivity index (χ0n) is 11.7. The number of carbonyl (C=O) groups is 2. The fourth-order valence-electron chi connectivity index (χ4n) is 2.06. The zero-order valence-corrected chi connectivity index (χ0v) is 11.7. The van der Waals surface area contributed by atoms with Crippen LogP contribution in [0.5, 0.6) is 0 Å². The van der Waals surface area contributed by atoms with Crippen LogP contribution in [-0.4, -0.2) is 35.5 Å². The fraction of sp³-hybridized carbons (Fsp3) is 0.429. The molecule has 7 heteroatoms. The van der Waals surface area contributed by atoms with E-state index in [0.29, 0.717) is 0 Å². The number of nitro groups is 1. The summed E-state index contributed by atoms with van der Waals surface area (Å²) < 4.78 is 19.7. The molecular formula is C14H16FNO5. The maximum atomic E-state index is 15.1. The van der Waals surface area contributed by atoms with Crippen molar-refractivity contribution in [2.45, 2.75) is 25.4 Å². The summed E-state index contributed by atoms with van der Waals surface area (Å²) in [6, 6.07) is 7.61. The minimum atomic E-state index is -3.08. The van der Waals surface area contributed by atoms with Crippen molar-refractivity contribution in [2.75, 3.05) is 13.2 Å². The molecule has 0 radical (unpaired) electrons. The third-order valence-corrected chi connectivity index (χ3v) is 3.10. The highest BCUT2D eigenvalue weighted by Crippen LogP contribution is 2.34. The Balaban J connectivity index is 3.34. The highest BCUT2D eigenvalue weighted by Gasteiger charge is 2.55. The quantitative estimate of drug-likeness (QED) is 0.332. The summed E-state index contributed by atoms with van der Waals surface area (Å²) in [5, 5.41) is 10.8. The van der Waals surface area contributed by atoms with Gasteiger partial charge >= 0.3 is 5.97 Å². The molecule has 0 aromatic heterocycles. The smallest absolute Gasteiger partial charge is 0.352 e. The van der Waals surface area contributed by atoms with Gasteiger partial charge in [0.25, 0.3) is 5.67 Å². The van der Waals surface area contributed by atoms with Crippen LogP contribution in [0.25, 0.3) is 0 Å². The first-order valence-corrected chi connectivity index (χ1v) is 6.37. The number of benzene rings is 1. The van der Waals surface area contributed by atoms with Gasteiger partial charge < -0.3 is 4.74 Å². The summed E-state index contributed by atoms with van der Waals surface area (Å²) in [5.74, 6) is -4.05. The summed E-state index contributed by atoms with van der Waals surface area (Å²) >= 11 is 0. The van der Waals surface area contributed by atoms with Crippen LogP contribution in [0, 0.1) is 10.1 Å². The molecule has 0 fully saturated rings. The largest absolute Gasteiger partial charge is 0.463 e. The van der Waals surface area contributed by atoms with Gasteiger partial charge in [-0.3, -0.25) is 14.9 Å². The van der Waals surface area contributed by atoms with Crippen molar-refractivity contribution in [3.8, 4) is 0 Å². The van der Waals surface area contributed by atoms with Crippen molar-refractivity contribution in [3.05, 3.63) is 46.0 Å². The van der Waals surface area contributed by atoms with Crippen LogP contribution in [0.3, 0.4) is 0 Å². The van der Waals surface area contributed by atoms with Crippen molar-refractivity contribution in [3.63, 3.8) is 0 Å². The lowest BCUT2D eigenvalue weighted by Gasteiger charge is -2.27. The van der Waals surface area contributed by atoms with E-state index >= 15 is 4.39 Å². The predicted molar refractivity (Wildman–Crippen MR) is 72.2 cm³/mol. The molecule has 1 aromatic rings. The number of ether oxygens (including phenoxy) is 1. The van der Waals surface area contributed by atoms with Gasteiger partial charge in [0.2, 0.25) is 6.54 Å². The van der Waals surface area contributed by atoms with E-state index in [-0.39, 0.29) is 12.2 Å². The Kier molecular flexibility index (Phi) is 5.52. The average Bonchev–Trinajstić information content (AvgIpc) is 2.44. The second-order valence-electron chi connectivity index (χ2n) is 4.47. The molecule has 0 bridgehead atoms. The van der Waals surface area contributed by atoms with Crippen LogP contribution in [0.2, 0.25) is 0 Å². The van der Waals surface area contributed by atoms with Gasteiger partial charge in [0.1, 0.15) is 5.92 Å². The third-order valence-electron chi connectivity index (χ3n) is 3.10. The minimum absolute atomic E-state index is 0.127. The number of Topliss-reactive ketones (excluding diaryl/α,β-unsaturated/α-hetero) is 1. The number of rotatable bonds is 7. The fourth-order valence-corrected chi connectivity index (χ4v) is 2.06. The van der Waals surface area contributed by atoms with Gasteiger partial charge in [0.05, 0.1) is 6.61 Å². The van der Waals surface area contributed by atoms with Crippen molar-refractivity contribution in [2.24, 2.45) is 0 Å². The van der Waals surface area contributed by atoms with Crippen LogP contribution in [0.1, 0.15) is 25.3 Å². The Morgan fingerprint density at radius 3 is 2.38 bits per heavy atom. The Morgan fingerprint density at radius 1 is 1.38 bits per heavy atom. The molecule has 2 atom stereocenters. The Morgan fingerprint density at radius 2 is 1.95 bits per heavy atom. The zero-order chi connectivity index (χ0) is 16.0. The van der Waals surface area contributed by atoms with E-state index in [1.54, 1.807) is 18.2 Å². The summed E-state index contributed by atoms with van der Waals surface area (Å²) in [4.78, 5) is 33.6.